The van der Waals surface area contributed by atoms with Crippen molar-refractivity contribution in [3.63, 3.8) is 0 Å². The van der Waals surface area contributed by atoms with Crippen LogP contribution >= 0.6 is 24.0 Å². The molecule has 1 amide bonds. The third-order valence-electron chi connectivity index (χ3n) is 4.33. The molecule has 1 unspecified atom stereocenters. The first-order chi connectivity index (χ1) is 11.5. The van der Waals surface area contributed by atoms with Crippen molar-refractivity contribution < 1.29 is 4.79 Å². The molecule has 136 valence electrons. The monoisotopic (exact) mass is 383 g/mol. The van der Waals surface area contributed by atoms with Crippen molar-refractivity contribution >= 4 is 29.9 Å². The van der Waals surface area contributed by atoms with Crippen molar-refractivity contribution in [2.75, 3.05) is 19.6 Å². The maximum Gasteiger partial charge on any atom is 0.293 e. The number of nitrogens with zero attached hydrogens (tertiary/aromatic N) is 4. The summed E-state index contributed by atoms with van der Waals surface area (Å²) in [6, 6.07) is 7.43. The van der Waals surface area contributed by atoms with E-state index < -0.39 is 0 Å². The topological polar surface area (TPSA) is 77.0 Å². The minimum Gasteiger partial charge on any atom is -0.336 e. The number of para-hydroxylation sites is 1. The van der Waals surface area contributed by atoms with E-state index in [1.54, 1.807) is 15.6 Å². The Morgan fingerprint density at radius 1 is 1.40 bits per heavy atom. The van der Waals surface area contributed by atoms with E-state index in [0.29, 0.717) is 30.6 Å². The molecular formula is C17H23Cl2N5O. The predicted molar refractivity (Wildman–Crippen MR) is 101 cm³/mol. The second-order valence-corrected chi connectivity index (χ2v) is 6.86. The van der Waals surface area contributed by atoms with Crippen LogP contribution in [-0.2, 0) is 0 Å². The number of aromatic nitrogens is 3. The molecule has 25 heavy (non-hydrogen) atoms. The van der Waals surface area contributed by atoms with Gasteiger partial charge in [0.1, 0.15) is 5.82 Å². The summed E-state index contributed by atoms with van der Waals surface area (Å²) in [4.78, 5) is 19.0. The first kappa shape index (κ1) is 19.7. The van der Waals surface area contributed by atoms with E-state index >= 15 is 0 Å². The van der Waals surface area contributed by atoms with Crippen LogP contribution in [0.3, 0.4) is 0 Å². The van der Waals surface area contributed by atoms with Crippen molar-refractivity contribution in [2.45, 2.75) is 26.2 Å². The van der Waals surface area contributed by atoms with Gasteiger partial charge in [0.05, 0.1) is 10.7 Å². The van der Waals surface area contributed by atoms with Crippen molar-refractivity contribution in [3.8, 4) is 5.69 Å². The molecule has 1 aliphatic rings. The van der Waals surface area contributed by atoms with Gasteiger partial charge in [0, 0.05) is 19.0 Å². The van der Waals surface area contributed by atoms with Crippen molar-refractivity contribution in [1.82, 2.24) is 19.7 Å². The Hall–Kier alpha value is -1.63. The van der Waals surface area contributed by atoms with Gasteiger partial charge in [0.25, 0.3) is 5.91 Å². The van der Waals surface area contributed by atoms with Crippen LogP contribution in [0.15, 0.2) is 24.3 Å². The summed E-state index contributed by atoms with van der Waals surface area (Å²) < 4.78 is 1.68. The predicted octanol–water partition coefficient (Wildman–Crippen LogP) is 2.89. The molecule has 1 aliphatic heterocycles. The van der Waals surface area contributed by atoms with Crippen LogP contribution in [0.1, 0.15) is 42.6 Å². The molecular weight excluding hydrogens is 361 g/mol. The van der Waals surface area contributed by atoms with E-state index in [4.69, 9.17) is 17.3 Å². The number of carbonyl (C=O) groups is 1. The summed E-state index contributed by atoms with van der Waals surface area (Å²) in [5.74, 6) is 1.28. The van der Waals surface area contributed by atoms with Crippen LogP contribution in [-0.4, -0.2) is 45.2 Å². The molecule has 1 atom stereocenters. The first-order valence-electron chi connectivity index (χ1n) is 8.22. The maximum absolute atomic E-state index is 12.7. The molecule has 0 aliphatic carbocycles. The molecule has 2 N–H and O–H groups in total. The third kappa shape index (κ3) is 3.97. The average molecular weight is 384 g/mol. The van der Waals surface area contributed by atoms with Crippen molar-refractivity contribution in [3.05, 3.63) is 40.9 Å². The lowest BCUT2D eigenvalue weighted by atomic mass is 10.1. The van der Waals surface area contributed by atoms with Gasteiger partial charge in [-0.25, -0.2) is 9.67 Å². The number of benzene rings is 1. The van der Waals surface area contributed by atoms with Crippen molar-refractivity contribution in [1.29, 1.82) is 0 Å². The quantitative estimate of drug-likeness (QED) is 0.880. The lowest BCUT2D eigenvalue weighted by molar-refractivity contribution is 0.0775. The highest BCUT2D eigenvalue weighted by atomic mass is 35.5. The Bertz CT molecular complexity index is 746. The largest absolute Gasteiger partial charge is 0.336 e. The molecule has 1 fully saturated rings. The molecule has 8 heteroatoms. The average Bonchev–Trinajstić information content (AvgIpc) is 3.22. The molecule has 2 heterocycles. The number of likely N-dealkylation sites (tertiary alicyclic amines) is 1. The minimum atomic E-state index is -0.140. The van der Waals surface area contributed by atoms with Gasteiger partial charge in [-0.05, 0) is 31.0 Å². The molecule has 1 aromatic heterocycles. The number of nitrogens with two attached hydrogens (primary N) is 1. The molecule has 2 aromatic rings. The zero-order chi connectivity index (χ0) is 17.3. The standard InChI is InChI=1S/C17H22ClN5O.ClH/c1-11(2)16-20-15(17(24)22-8-7-12(9-19)10-22)21-23(16)14-6-4-3-5-13(14)18;/h3-6,11-12H,7-10,19H2,1-2H3;1H. The zero-order valence-corrected chi connectivity index (χ0v) is 15.9. The number of rotatable bonds is 4. The SMILES string of the molecule is CC(C)c1nc(C(=O)N2CCC(CN)C2)nn1-c1ccccc1Cl.Cl. The van der Waals surface area contributed by atoms with Gasteiger partial charge < -0.3 is 10.6 Å². The van der Waals surface area contributed by atoms with E-state index in [1.165, 1.54) is 0 Å². The van der Waals surface area contributed by atoms with Crippen LogP contribution < -0.4 is 5.73 Å². The molecule has 0 spiro atoms. The fourth-order valence-corrected chi connectivity index (χ4v) is 3.16. The van der Waals surface area contributed by atoms with Crippen LogP contribution in [0.2, 0.25) is 5.02 Å². The molecule has 3 rings (SSSR count). The Labute approximate surface area is 158 Å². The molecule has 1 aromatic carbocycles. The summed E-state index contributed by atoms with van der Waals surface area (Å²) in [6.45, 7) is 6.02. The summed E-state index contributed by atoms with van der Waals surface area (Å²) in [7, 11) is 0. The number of carbonyl (C=O) groups excluding carboxylic acids is 1. The van der Waals surface area contributed by atoms with Crippen molar-refractivity contribution in [2.24, 2.45) is 11.7 Å². The van der Waals surface area contributed by atoms with Gasteiger partial charge in [-0.2, -0.15) is 0 Å². The fraction of sp³-hybridized carbons (Fsp3) is 0.471. The van der Waals surface area contributed by atoms with E-state index in [1.807, 2.05) is 32.0 Å². The maximum atomic E-state index is 12.7. The molecule has 6 nitrogen and oxygen atoms in total. The highest BCUT2D eigenvalue weighted by molar-refractivity contribution is 6.32. The van der Waals surface area contributed by atoms with Crippen LogP contribution in [0.5, 0.6) is 0 Å². The number of amides is 1. The van der Waals surface area contributed by atoms with Gasteiger partial charge in [-0.15, -0.1) is 17.5 Å². The lowest BCUT2D eigenvalue weighted by Gasteiger charge is -2.13. The number of halogens is 2. The van der Waals surface area contributed by atoms with Gasteiger partial charge in [-0.3, -0.25) is 4.79 Å². The summed E-state index contributed by atoms with van der Waals surface area (Å²) >= 11 is 6.29. The smallest absolute Gasteiger partial charge is 0.293 e. The molecule has 0 saturated carbocycles. The lowest BCUT2D eigenvalue weighted by Crippen LogP contribution is -2.30. The van der Waals surface area contributed by atoms with Crippen LogP contribution in [0.25, 0.3) is 5.69 Å². The Morgan fingerprint density at radius 3 is 2.72 bits per heavy atom. The van der Waals surface area contributed by atoms with E-state index in [0.717, 1.165) is 17.9 Å². The summed E-state index contributed by atoms with van der Waals surface area (Å²) in [5.41, 5.74) is 6.44. The third-order valence-corrected chi connectivity index (χ3v) is 4.65. The number of hydrogen-bond acceptors (Lipinski definition) is 4. The second-order valence-electron chi connectivity index (χ2n) is 6.45. The van der Waals surface area contributed by atoms with E-state index in [9.17, 15) is 4.79 Å². The highest BCUT2D eigenvalue weighted by Crippen LogP contribution is 2.24. The van der Waals surface area contributed by atoms with Crippen LogP contribution in [0, 0.1) is 5.92 Å². The van der Waals surface area contributed by atoms with E-state index in [-0.39, 0.29) is 30.1 Å². The van der Waals surface area contributed by atoms with Gasteiger partial charge in [0.15, 0.2) is 0 Å². The summed E-state index contributed by atoms with van der Waals surface area (Å²) in [6.07, 6.45) is 0.935. The normalized spacial score (nSPS) is 17.0. The van der Waals surface area contributed by atoms with Gasteiger partial charge in [-0.1, -0.05) is 37.6 Å². The molecule has 0 bridgehead atoms. The zero-order valence-electron chi connectivity index (χ0n) is 14.4. The Balaban J connectivity index is 0.00000225. The van der Waals surface area contributed by atoms with Gasteiger partial charge in [0.2, 0.25) is 5.82 Å². The Morgan fingerprint density at radius 2 is 2.12 bits per heavy atom. The second kappa shape index (κ2) is 8.17. The summed E-state index contributed by atoms with van der Waals surface area (Å²) in [5, 5.41) is 5.03. The molecule has 1 saturated heterocycles. The fourth-order valence-electron chi connectivity index (χ4n) is 2.94. The van der Waals surface area contributed by atoms with E-state index in [2.05, 4.69) is 10.1 Å². The number of hydrogen-bond donors (Lipinski definition) is 1. The minimum absolute atomic E-state index is 0. The van der Waals surface area contributed by atoms with Crippen LogP contribution in [0.4, 0.5) is 0 Å². The first-order valence-corrected chi connectivity index (χ1v) is 8.60. The Kier molecular flexibility index (Phi) is 6.43. The highest BCUT2D eigenvalue weighted by Gasteiger charge is 2.29. The van der Waals surface area contributed by atoms with Gasteiger partial charge >= 0.3 is 0 Å². The molecule has 0 radical (unpaired) electrons.